The molecule has 1 N–H and O–H groups in total. The lowest BCUT2D eigenvalue weighted by Gasteiger charge is -2.07. The smallest absolute Gasteiger partial charge is 0.276 e. The van der Waals surface area contributed by atoms with Crippen LogP contribution in [0.15, 0.2) is 94.9 Å². The van der Waals surface area contributed by atoms with E-state index in [0.29, 0.717) is 12.4 Å². The van der Waals surface area contributed by atoms with E-state index in [1.807, 2.05) is 48.5 Å². The molecule has 0 radical (unpaired) electrons. The molecule has 0 bridgehead atoms. The van der Waals surface area contributed by atoms with Crippen molar-refractivity contribution in [3.63, 3.8) is 0 Å². The van der Waals surface area contributed by atoms with Crippen molar-refractivity contribution in [3.05, 3.63) is 96.1 Å². The molecule has 0 aliphatic carbocycles. The van der Waals surface area contributed by atoms with Crippen LogP contribution in [0.25, 0.3) is 0 Å². The summed E-state index contributed by atoms with van der Waals surface area (Å²) < 4.78 is 29.9. The number of ether oxygens (including phenoxy) is 1. The van der Waals surface area contributed by atoms with Gasteiger partial charge in [0.15, 0.2) is 0 Å². The second-order valence-corrected chi connectivity index (χ2v) is 7.17. The lowest BCUT2D eigenvalue weighted by molar-refractivity contribution is 0.306. The van der Waals surface area contributed by atoms with E-state index in [9.17, 15) is 8.42 Å². The third kappa shape index (κ3) is 4.94. The molecule has 0 fully saturated rings. The molecule has 0 unspecified atom stereocenters. The number of hydrazone groups is 1. The van der Waals surface area contributed by atoms with Crippen LogP contribution in [0, 0.1) is 0 Å². The van der Waals surface area contributed by atoms with Gasteiger partial charge in [-0.25, -0.2) is 4.83 Å². The number of sulfonamides is 1. The van der Waals surface area contributed by atoms with Crippen molar-refractivity contribution in [1.82, 2.24) is 4.83 Å². The molecule has 0 aromatic heterocycles. The van der Waals surface area contributed by atoms with Gasteiger partial charge >= 0.3 is 0 Å². The van der Waals surface area contributed by atoms with Gasteiger partial charge in [-0.2, -0.15) is 13.5 Å². The van der Waals surface area contributed by atoms with Crippen LogP contribution < -0.4 is 9.57 Å². The summed E-state index contributed by atoms with van der Waals surface area (Å²) >= 11 is 0. The molecule has 0 aliphatic heterocycles. The predicted molar refractivity (Wildman–Crippen MR) is 102 cm³/mol. The standard InChI is InChI=1S/C20H18N2O3S/c23-26(24,20-12-5-2-6-13-20)22-21-15-18-10-7-11-19(14-18)25-16-17-8-3-1-4-9-17/h1-15,22H,16H2. The molecular formula is C20H18N2O3S. The van der Waals surface area contributed by atoms with Crippen molar-refractivity contribution >= 4 is 16.2 Å². The first-order valence-electron chi connectivity index (χ1n) is 8.00. The summed E-state index contributed by atoms with van der Waals surface area (Å²) in [4.78, 5) is 2.37. The van der Waals surface area contributed by atoms with Gasteiger partial charge in [-0.15, -0.1) is 0 Å². The monoisotopic (exact) mass is 366 g/mol. The average molecular weight is 366 g/mol. The number of nitrogens with zero attached hydrogens (tertiary/aromatic N) is 1. The van der Waals surface area contributed by atoms with Gasteiger partial charge in [0, 0.05) is 0 Å². The van der Waals surface area contributed by atoms with Crippen molar-refractivity contribution in [2.24, 2.45) is 5.10 Å². The summed E-state index contributed by atoms with van der Waals surface area (Å²) in [7, 11) is -3.67. The Bertz CT molecular complexity index is 972. The van der Waals surface area contributed by atoms with E-state index in [0.717, 1.165) is 11.1 Å². The summed E-state index contributed by atoms with van der Waals surface area (Å²) in [6.45, 7) is 0.460. The molecule has 3 aromatic rings. The number of benzene rings is 3. The van der Waals surface area contributed by atoms with Crippen LogP contribution >= 0.6 is 0 Å². The van der Waals surface area contributed by atoms with Crippen LogP contribution in [-0.2, 0) is 16.6 Å². The highest BCUT2D eigenvalue weighted by Gasteiger charge is 2.10. The first-order chi connectivity index (χ1) is 12.6. The van der Waals surface area contributed by atoms with E-state index >= 15 is 0 Å². The van der Waals surface area contributed by atoms with Gasteiger partial charge in [-0.1, -0.05) is 60.7 Å². The Balaban J connectivity index is 1.62. The van der Waals surface area contributed by atoms with Crippen LogP contribution in [0.4, 0.5) is 0 Å². The van der Waals surface area contributed by atoms with Gasteiger partial charge in [0.25, 0.3) is 10.0 Å². The second kappa shape index (κ2) is 8.31. The first kappa shape index (κ1) is 17.7. The summed E-state index contributed by atoms with van der Waals surface area (Å²) in [5.74, 6) is 0.684. The third-order valence-corrected chi connectivity index (χ3v) is 4.78. The van der Waals surface area contributed by atoms with Crippen LogP contribution in [0.3, 0.4) is 0 Å². The van der Waals surface area contributed by atoms with E-state index in [1.165, 1.54) is 18.3 Å². The molecule has 0 atom stereocenters. The molecule has 0 amide bonds. The van der Waals surface area contributed by atoms with Gasteiger partial charge in [-0.05, 0) is 35.4 Å². The molecule has 0 saturated heterocycles. The van der Waals surface area contributed by atoms with Crippen molar-refractivity contribution < 1.29 is 13.2 Å². The maximum atomic E-state index is 12.1. The van der Waals surface area contributed by atoms with Crippen molar-refractivity contribution in [1.29, 1.82) is 0 Å². The van der Waals surface area contributed by atoms with Crippen molar-refractivity contribution in [3.8, 4) is 5.75 Å². The number of hydrogen-bond acceptors (Lipinski definition) is 4. The summed E-state index contributed by atoms with van der Waals surface area (Å²) in [6, 6.07) is 25.2. The van der Waals surface area contributed by atoms with E-state index in [4.69, 9.17) is 4.74 Å². The quantitative estimate of drug-likeness (QED) is 0.513. The van der Waals surface area contributed by atoms with Gasteiger partial charge in [0.05, 0.1) is 11.1 Å². The molecule has 26 heavy (non-hydrogen) atoms. The maximum absolute atomic E-state index is 12.1. The highest BCUT2D eigenvalue weighted by Crippen LogP contribution is 2.14. The minimum atomic E-state index is -3.67. The zero-order valence-corrected chi connectivity index (χ0v) is 14.8. The molecule has 0 spiro atoms. The zero-order chi connectivity index (χ0) is 18.2. The summed E-state index contributed by atoms with van der Waals surface area (Å²) in [6.07, 6.45) is 1.44. The van der Waals surface area contributed by atoms with Gasteiger partial charge in [-0.3, -0.25) is 0 Å². The third-order valence-electron chi connectivity index (χ3n) is 3.55. The molecule has 0 aliphatic rings. The van der Waals surface area contributed by atoms with Crippen LogP contribution in [-0.4, -0.2) is 14.6 Å². The average Bonchev–Trinajstić information content (AvgIpc) is 2.68. The van der Waals surface area contributed by atoms with Gasteiger partial charge < -0.3 is 4.74 Å². The van der Waals surface area contributed by atoms with Crippen LogP contribution in [0.1, 0.15) is 11.1 Å². The summed E-state index contributed by atoms with van der Waals surface area (Å²) in [5, 5.41) is 3.83. The number of rotatable bonds is 7. The molecule has 3 rings (SSSR count). The lowest BCUT2D eigenvalue weighted by Crippen LogP contribution is -2.18. The molecule has 132 valence electrons. The van der Waals surface area contributed by atoms with E-state index in [1.54, 1.807) is 24.3 Å². The van der Waals surface area contributed by atoms with Crippen LogP contribution in [0.2, 0.25) is 0 Å². The number of nitrogens with one attached hydrogen (secondary N) is 1. The Morgan fingerprint density at radius 1 is 0.885 bits per heavy atom. The molecule has 3 aromatic carbocycles. The minimum absolute atomic E-state index is 0.164. The Labute approximate surface area is 153 Å². The van der Waals surface area contributed by atoms with E-state index < -0.39 is 10.0 Å². The fraction of sp³-hybridized carbons (Fsp3) is 0.0500. The van der Waals surface area contributed by atoms with Gasteiger partial charge in [0.2, 0.25) is 0 Å². The Morgan fingerprint density at radius 2 is 1.58 bits per heavy atom. The molecule has 0 saturated carbocycles. The van der Waals surface area contributed by atoms with E-state index in [-0.39, 0.29) is 4.90 Å². The number of hydrogen-bond donors (Lipinski definition) is 1. The molecule has 5 nitrogen and oxygen atoms in total. The van der Waals surface area contributed by atoms with Gasteiger partial charge in [0.1, 0.15) is 12.4 Å². The second-order valence-electron chi connectivity index (χ2n) is 5.51. The topological polar surface area (TPSA) is 67.8 Å². The Kier molecular flexibility index (Phi) is 5.66. The highest BCUT2D eigenvalue weighted by atomic mass is 32.2. The molecule has 6 heteroatoms. The molecular weight excluding hydrogens is 348 g/mol. The van der Waals surface area contributed by atoms with Crippen molar-refractivity contribution in [2.75, 3.05) is 0 Å². The fourth-order valence-corrected chi connectivity index (χ4v) is 3.06. The predicted octanol–water partition coefficient (Wildman–Crippen LogP) is 3.58. The highest BCUT2D eigenvalue weighted by molar-refractivity contribution is 7.89. The normalized spacial score (nSPS) is 11.4. The maximum Gasteiger partial charge on any atom is 0.276 e. The lowest BCUT2D eigenvalue weighted by atomic mass is 10.2. The SMILES string of the molecule is O=S(=O)(NN=Cc1cccc(OCc2ccccc2)c1)c1ccccc1. The largest absolute Gasteiger partial charge is 0.489 e. The summed E-state index contributed by atoms with van der Waals surface area (Å²) in [5.41, 5.74) is 1.80. The Morgan fingerprint density at radius 3 is 2.31 bits per heavy atom. The molecule has 0 heterocycles. The Hall–Kier alpha value is -3.12. The fourth-order valence-electron chi connectivity index (χ4n) is 2.25. The zero-order valence-electron chi connectivity index (χ0n) is 13.9. The minimum Gasteiger partial charge on any atom is -0.489 e. The van der Waals surface area contributed by atoms with E-state index in [2.05, 4.69) is 9.93 Å². The van der Waals surface area contributed by atoms with Crippen LogP contribution in [0.5, 0.6) is 5.75 Å². The van der Waals surface area contributed by atoms with Crippen molar-refractivity contribution in [2.45, 2.75) is 11.5 Å². The first-order valence-corrected chi connectivity index (χ1v) is 9.48.